The number of hydrogen-bond acceptors (Lipinski definition) is 2. The summed E-state index contributed by atoms with van der Waals surface area (Å²) in [5.74, 6) is 0.259. The Labute approximate surface area is 92.1 Å². The zero-order chi connectivity index (χ0) is 11.4. The molecular formula is C13H21NO. The highest BCUT2D eigenvalue weighted by Gasteiger charge is 2.15. The van der Waals surface area contributed by atoms with Crippen LogP contribution in [0, 0.1) is 13.8 Å². The van der Waals surface area contributed by atoms with Gasteiger partial charge in [0.1, 0.15) is 0 Å². The maximum atomic E-state index is 9.02. The summed E-state index contributed by atoms with van der Waals surface area (Å²) in [6.07, 6.45) is 0.736. The van der Waals surface area contributed by atoms with E-state index in [0.29, 0.717) is 0 Å². The topological polar surface area (TPSA) is 46.2 Å². The third-order valence-corrected chi connectivity index (χ3v) is 3.03. The van der Waals surface area contributed by atoms with Gasteiger partial charge in [-0.25, -0.2) is 0 Å². The summed E-state index contributed by atoms with van der Waals surface area (Å²) < 4.78 is 0. The highest BCUT2D eigenvalue weighted by molar-refractivity contribution is 5.32. The van der Waals surface area contributed by atoms with Gasteiger partial charge in [-0.1, -0.05) is 18.2 Å². The molecule has 1 aromatic rings. The molecule has 0 fully saturated rings. The Morgan fingerprint density at radius 2 is 1.93 bits per heavy atom. The van der Waals surface area contributed by atoms with Crippen molar-refractivity contribution in [3.8, 4) is 0 Å². The zero-order valence-corrected chi connectivity index (χ0v) is 9.83. The summed E-state index contributed by atoms with van der Waals surface area (Å²) in [5, 5.41) is 9.02. The fraction of sp³-hybridized carbons (Fsp3) is 0.538. The molecule has 0 aliphatic rings. The smallest absolute Gasteiger partial charge is 0.0437 e. The van der Waals surface area contributed by atoms with Gasteiger partial charge in [0.05, 0.1) is 0 Å². The Morgan fingerprint density at radius 1 is 1.27 bits per heavy atom. The number of aliphatic hydroxyl groups is 1. The van der Waals surface area contributed by atoms with Crippen LogP contribution in [0.2, 0.25) is 0 Å². The van der Waals surface area contributed by atoms with E-state index in [0.717, 1.165) is 6.42 Å². The second-order valence-corrected chi connectivity index (χ2v) is 4.32. The molecule has 0 radical (unpaired) electrons. The normalized spacial score (nSPS) is 15.0. The quantitative estimate of drug-likeness (QED) is 0.794. The van der Waals surface area contributed by atoms with E-state index < -0.39 is 0 Å². The van der Waals surface area contributed by atoms with Crippen LogP contribution in [0.1, 0.15) is 36.0 Å². The average Bonchev–Trinajstić information content (AvgIpc) is 2.18. The number of hydrogen-bond donors (Lipinski definition) is 2. The lowest BCUT2D eigenvalue weighted by molar-refractivity contribution is 0.269. The lowest BCUT2D eigenvalue weighted by Gasteiger charge is -2.21. The monoisotopic (exact) mass is 207 g/mol. The fourth-order valence-electron chi connectivity index (χ4n) is 1.87. The van der Waals surface area contributed by atoms with Gasteiger partial charge in [-0.15, -0.1) is 0 Å². The van der Waals surface area contributed by atoms with Gasteiger partial charge in [0.25, 0.3) is 0 Å². The van der Waals surface area contributed by atoms with Crippen LogP contribution in [-0.4, -0.2) is 17.8 Å². The Morgan fingerprint density at radius 3 is 2.40 bits per heavy atom. The first-order chi connectivity index (χ1) is 7.06. The van der Waals surface area contributed by atoms with Crippen molar-refractivity contribution < 1.29 is 5.11 Å². The van der Waals surface area contributed by atoms with Crippen LogP contribution in [-0.2, 0) is 0 Å². The van der Waals surface area contributed by atoms with E-state index in [1.54, 1.807) is 0 Å². The Kier molecular flexibility index (Phi) is 4.30. The highest BCUT2D eigenvalue weighted by atomic mass is 16.3. The first-order valence-corrected chi connectivity index (χ1v) is 5.50. The molecule has 0 aliphatic carbocycles. The van der Waals surface area contributed by atoms with Crippen molar-refractivity contribution >= 4 is 0 Å². The fourth-order valence-corrected chi connectivity index (χ4v) is 1.87. The first-order valence-electron chi connectivity index (χ1n) is 5.50. The van der Waals surface area contributed by atoms with Gasteiger partial charge in [-0.2, -0.15) is 0 Å². The standard InChI is InChI=1S/C13H21NO/c1-9-4-5-12(8-10(9)2)13(6-7-15)11(3)14/h4-5,8,11,13,15H,6-7,14H2,1-3H3. The lowest BCUT2D eigenvalue weighted by atomic mass is 9.88. The molecule has 0 spiro atoms. The molecular weight excluding hydrogens is 186 g/mol. The summed E-state index contributed by atoms with van der Waals surface area (Å²) in [6, 6.07) is 6.50. The number of rotatable bonds is 4. The summed E-state index contributed by atoms with van der Waals surface area (Å²) in [6.45, 7) is 6.40. The maximum Gasteiger partial charge on any atom is 0.0437 e. The number of benzene rings is 1. The van der Waals surface area contributed by atoms with Gasteiger partial charge in [-0.3, -0.25) is 0 Å². The molecule has 2 nitrogen and oxygen atoms in total. The van der Waals surface area contributed by atoms with Gasteiger partial charge < -0.3 is 10.8 Å². The molecule has 15 heavy (non-hydrogen) atoms. The van der Waals surface area contributed by atoms with E-state index in [1.807, 2.05) is 6.92 Å². The van der Waals surface area contributed by atoms with Gasteiger partial charge in [0, 0.05) is 18.6 Å². The van der Waals surface area contributed by atoms with E-state index in [1.165, 1.54) is 16.7 Å². The van der Waals surface area contributed by atoms with Gasteiger partial charge in [0.2, 0.25) is 0 Å². The molecule has 0 bridgehead atoms. The molecule has 0 saturated carbocycles. The maximum absolute atomic E-state index is 9.02. The molecule has 0 heterocycles. The van der Waals surface area contributed by atoms with Gasteiger partial charge >= 0.3 is 0 Å². The Bertz CT molecular complexity index is 320. The minimum absolute atomic E-state index is 0.0826. The SMILES string of the molecule is Cc1ccc(C(CCO)C(C)N)cc1C. The van der Waals surface area contributed by atoms with Crippen molar-refractivity contribution in [1.29, 1.82) is 0 Å². The molecule has 1 aromatic carbocycles. The minimum Gasteiger partial charge on any atom is -0.396 e. The van der Waals surface area contributed by atoms with E-state index in [-0.39, 0.29) is 18.6 Å². The van der Waals surface area contributed by atoms with E-state index >= 15 is 0 Å². The van der Waals surface area contributed by atoms with Gasteiger partial charge in [-0.05, 0) is 43.9 Å². The molecule has 2 unspecified atom stereocenters. The second-order valence-electron chi connectivity index (χ2n) is 4.32. The van der Waals surface area contributed by atoms with Crippen LogP contribution < -0.4 is 5.73 Å². The summed E-state index contributed by atoms with van der Waals surface area (Å²) >= 11 is 0. The minimum atomic E-state index is 0.0826. The predicted octanol–water partition coefficient (Wildman–Crippen LogP) is 2.12. The summed E-state index contributed by atoms with van der Waals surface area (Å²) in [7, 11) is 0. The molecule has 1 rings (SSSR count). The van der Waals surface area contributed by atoms with Crippen molar-refractivity contribution in [2.24, 2.45) is 5.73 Å². The van der Waals surface area contributed by atoms with Crippen LogP contribution in [0.3, 0.4) is 0 Å². The molecule has 2 heteroatoms. The molecule has 2 atom stereocenters. The van der Waals surface area contributed by atoms with E-state index in [4.69, 9.17) is 10.8 Å². The first kappa shape index (κ1) is 12.2. The third-order valence-electron chi connectivity index (χ3n) is 3.03. The van der Waals surface area contributed by atoms with Crippen LogP contribution in [0.25, 0.3) is 0 Å². The van der Waals surface area contributed by atoms with Crippen molar-refractivity contribution in [3.05, 3.63) is 34.9 Å². The molecule has 3 N–H and O–H groups in total. The summed E-state index contributed by atoms with van der Waals surface area (Å²) in [5.41, 5.74) is 9.76. The lowest BCUT2D eigenvalue weighted by Crippen LogP contribution is -2.25. The van der Waals surface area contributed by atoms with Crippen LogP contribution in [0.15, 0.2) is 18.2 Å². The van der Waals surface area contributed by atoms with Crippen LogP contribution >= 0.6 is 0 Å². The number of aryl methyl sites for hydroxylation is 2. The van der Waals surface area contributed by atoms with E-state index in [9.17, 15) is 0 Å². The molecule has 0 amide bonds. The largest absolute Gasteiger partial charge is 0.396 e. The summed E-state index contributed by atoms with van der Waals surface area (Å²) in [4.78, 5) is 0. The van der Waals surface area contributed by atoms with Crippen molar-refractivity contribution in [2.45, 2.75) is 39.2 Å². The average molecular weight is 207 g/mol. The van der Waals surface area contributed by atoms with Crippen molar-refractivity contribution in [2.75, 3.05) is 6.61 Å². The van der Waals surface area contributed by atoms with Crippen LogP contribution in [0.4, 0.5) is 0 Å². The van der Waals surface area contributed by atoms with Gasteiger partial charge in [0.15, 0.2) is 0 Å². The third kappa shape index (κ3) is 3.05. The highest BCUT2D eigenvalue weighted by Crippen LogP contribution is 2.24. The predicted molar refractivity (Wildman–Crippen MR) is 64.0 cm³/mol. The van der Waals surface area contributed by atoms with E-state index in [2.05, 4.69) is 32.0 Å². The molecule has 0 aromatic heterocycles. The Hall–Kier alpha value is -0.860. The molecule has 84 valence electrons. The van der Waals surface area contributed by atoms with Crippen LogP contribution in [0.5, 0.6) is 0 Å². The zero-order valence-electron chi connectivity index (χ0n) is 9.83. The number of nitrogens with two attached hydrogens (primary N) is 1. The number of aliphatic hydroxyl groups excluding tert-OH is 1. The van der Waals surface area contributed by atoms with Crippen molar-refractivity contribution in [1.82, 2.24) is 0 Å². The second kappa shape index (κ2) is 5.29. The molecule has 0 saturated heterocycles. The Balaban J connectivity index is 2.95. The van der Waals surface area contributed by atoms with Crippen molar-refractivity contribution in [3.63, 3.8) is 0 Å². The molecule has 0 aliphatic heterocycles.